The van der Waals surface area contributed by atoms with Gasteiger partial charge in [0.1, 0.15) is 0 Å². The molecule has 2 unspecified atom stereocenters. The molecule has 1 aliphatic carbocycles. The van der Waals surface area contributed by atoms with Crippen LogP contribution in [0.25, 0.3) is 5.65 Å². The summed E-state index contributed by atoms with van der Waals surface area (Å²) in [5.41, 5.74) is 3.21. The van der Waals surface area contributed by atoms with E-state index in [1.807, 2.05) is 19.9 Å². The molecule has 2 aromatic rings. The molecule has 2 atom stereocenters. The van der Waals surface area contributed by atoms with Crippen LogP contribution in [0, 0.1) is 31.6 Å². The second-order valence-electron chi connectivity index (χ2n) is 7.89. The van der Waals surface area contributed by atoms with Crippen molar-refractivity contribution in [2.24, 2.45) is 17.8 Å². The summed E-state index contributed by atoms with van der Waals surface area (Å²) in [6.45, 7) is 7.45. The van der Waals surface area contributed by atoms with E-state index in [0.717, 1.165) is 36.0 Å². The second kappa shape index (κ2) is 5.02. The van der Waals surface area contributed by atoms with E-state index < -0.39 is 0 Å². The molecule has 3 saturated heterocycles. The normalized spacial score (nSPS) is 34.0. The number of fused-ring (bicyclic) bond motifs is 1. The number of amides is 1. The van der Waals surface area contributed by atoms with E-state index in [-0.39, 0.29) is 5.91 Å². The number of carbonyl (C=O) groups is 1. The number of rotatable bonds is 2. The Morgan fingerprint density at radius 2 is 1.96 bits per heavy atom. The number of aryl methyl sites for hydroxylation is 2. The lowest BCUT2D eigenvalue weighted by Gasteiger charge is -2.55. The molecule has 6 rings (SSSR count). The van der Waals surface area contributed by atoms with Gasteiger partial charge in [-0.25, -0.2) is 9.50 Å². The fourth-order valence-corrected chi connectivity index (χ4v) is 5.26. The lowest BCUT2D eigenvalue weighted by atomic mass is 9.65. The molecule has 6 nitrogen and oxygen atoms in total. The topological polar surface area (TPSA) is 62.5 Å². The van der Waals surface area contributed by atoms with Gasteiger partial charge in [-0.15, -0.1) is 0 Å². The number of hydrogen-bond acceptors (Lipinski definition) is 4. The third-order valence-corrected chi connectivity index (χ3v) is 6.18. The van der Waals surface area contributed by atoms with Crippen molar-refractivity contribution in [2.75, 3.05) is 19.6 Å². The van der Waals surface area contributed by atoms with Crippen LogP contribution in [0.3, 0.4) is 0 Å². The van der Waals surface area contributed by atoms with Gasteiger partial charge in [-0.05, 0) is 44.4 Å². The number of piperidine rings is 3. The average Bonchev–Trinajstić information content (AvgIpc) is 2.92. The smallest absolute Gasteiger partial charge is 0.254 e. The van der Waals surface area contributed by atoms with Gasteiger partial charge in [0.15, 0.2) is 5.65 Å². The van der Waals surface area contributed by atoms with E-state index in [9.17, 15) is 4.79 Å². The van der Waals surface area contributed by atoms with E-state index in [4.69, 9.17) is 0 Å². The van der Waals surface area contributed by atoms with Crippen molar-refractivity contribution in [3.8, 4) is 0 Å². The van der Waals surface area contributed by atoms with Crippen LogP contribution in [-0.4, -0.2) is 51.1 Å². The Kier molecular flexibility index (Phi) is 3.01. The Morgan fingerprint density at radius 1 is 1.21 bits per heavy atom. The third kappa shape index (κ3) is 2.09. The first-order valence-electron chi connectivity index (χ1n) is 8.93. The molecule has 2 aromatic heterocycles. The summed E-state index contributed by atoms with van der Waals surface area (Å²) in [6.07, 6.45) is 4.24. The first kappa shape index (κ1) is 14.4. The minimum atomic E-state index is 0.00234. The van der Waals surface area contributed by atoms with E-state index in [1.165, 1.54) is 19.4 Å². The maximum Gasteiger partial charge on any atom is 0.254 e. The SMILES string of the molecule is Cc1cc2ncc(C(=O)NC3C4CC5CC3CN(C5)C4)c(C)n2n1. The van der Waals surface area contributed by atoms with Crippen molar-refractivity contribution < 1.29 is 4.79 Å². The molecule has 5 heterocycles. The molecule has 0 radical (unpaired) electrons. The van der Waals surface area contributed by atoms with Gasteiger partial charge in [0.2, 0.25) is 0 Å². The molecule has 126 valence electrons. The molecule has 0 aromatic carbocycles. The fourth-order valence-electron chi connectivity index (χ4n) is 5.26. The quantitative estimate of drug-likeness (QED) is 0.907. The minimum Gasteiger partial charge on any atom is -0.349 e. The van der Waals surface area contributed by atoms with Gasteiger partial charge in [-0.1, -0.05) is 0 Å². The summed E-state index contributed by atoms with van der Waals surface area (Å²) in [6, 6.07) is 2.25. The maximum absolute atomic E-state index is 12.9. The molecule has 4 bridgehead atoms. The van der Waals surface area contributed by atoms with E-state index >= 15 is 0 Å². The lowest BCUT2D eigenvalue weighted by molar-refractivity contribution is -0.0418. The molecule has 1 amide bonds. The number of carbonyl (C=O) groups excluding carboxylic acids is 1. The molecule has 3 aliphatic heterocycles. The zero-order valence-corrected chi connectivity index (χ0v) is 14.2. The van der Waals surface area contributed by atoms with Gasteiger partial charge in [0.25, 0.3) is 5.91 Å². The Labute approximate surface area is 141 Å². The fraction of sp³-hybridized carbons (Fsp3) is 0.611. The number of nitrogens with one attached hydrogen (secondary N) is 1. The second-order valence-corrected chi connectivity index (χ2v) is 7.89. The molecular formula is C18H23N5O. The zero-order chi connectivity index (χ0) is 16.4. The van der Waals surface area contributed by atoms with Crippen LogP contribution in [0.1, 0.15) is 34.6 Å². The van der Waals surface area contributed by atoms with Gasteiger partial charge >= 0.3 is 0 Å². The van der Waals surface area contributed by atoms with Gasteiger partial charge in [-0.2, -0.15) is 5.10 Å². The van der Waals surface area contributed by atoms with Crippen molar-refractivity contribution in [3.05, 3.63) is 29.2 Å². The minimum absolute atomic E-state index is 0.00234. The lowest BCUT2D eigenvalue weighted by Crippen LogP contribution is -2.64. The summed E-state index contributed by atoms with van der Waals surface area (Å²) < 4.78 is 1.77. The first-order valence-corrected chi connectivity index (χ1v) is 8.93. The Hall–Kier alpha value is -1.95. The van der Waals surface area contributed by atoms with E-state index in [0.29, 0.717) is 23.4 Å². The summed E-state index contributed by atoms with van der Waals surface area (Å²) in [7, 11) is 0. The predicted molar refractivity (Wildman–Crippen MR) is 89.9 cm³/mol. The Morgan fingerprint density at radius 3 is 2.67 bits per heavy atom. The van der Waals surface area contributed by atoms with Crippen LogP contribution in [0.2, 0.25) is 0 Å². The Balaban J connectivity index is 1.42. The van der Waals surface area contributed by atoms with Crippen LogP contribution in [-0.2, 0) is 0 Å². The van der Waals surface area contributed by atoms with Crippen molar-refractivity contribution in [2.45, 2.75) is 32.7 Å². The number of hydrogen-bond donors (Lipinski definition) is 1. The zero-order valence-electron chi connectivity index (χ0n) is 14.2. The highest BCUT2D eigenvalue weighted by molar-refractivity contribution is 5.95. The van der Waals surface area contributed by atoms with E-state index in [1.54, 1.807) is 10.7 Å². The molecule has 6 heteroatoms. The van der Waals surface area contributed by atoms with Crippen LogP contribution in [0.5, 0.6) is 0 Å². The molecule has 1 N–H and O–H groups in total. The highest BCUT2D eigenvalue weighted by atomic mass is 16.1. The van der Waals surface area contributed by atoms with Gasteiger partial charge in [0.05, 0.1) is 17.0 Å². The van der Waals surface area contributed by atoms with Crippen molar-refractivity contribution in [1.82, 2.24) is 24.8 Å². The van der Waals surface area contributed by atoms with Gasteiger partial charge < -0.3 is 10.2 Å². The van der Waals surface area contributed by atoms with Crippen LogP contribution in [0.4, 0.5) is 0 Å². The van der Waals surface area contributed by atoms with Crippen LogP contribution >= 0.6 is 0 Å². The largest absolute Gasteiger partial charge is 0.349 e. The van der Waals surface area contributed by atoms with E-state index in [2.05, 4.69) is 20.3 Å². The summed E-state index contributed by atoms with van der Waals surface area (Å²) >= 11 is 0. The third-order valence-electron chi connectivity index (χ3n) is 6.18. The summed E-state index contributed by atoms with van der Waals surface area (Å²) in [5, 5.41) is 7.79. The van der Waals surface area contributed by atoms with Crippen molar-refractivity contribution in [3.63, 3.8) is 0 Å². The molecule has 0 spiro atoms. The highest BCUT2D eigenvalue weighted by Gasteiger charge is 2.47. The predicted octanol–water partition coefficient (Wildman–Crippen LogP) is 1.42. The van der Waals surface area contributed by atoms with Crippen LogP contribution in [0.15, 0.2) is 12.3 Å². The standard InChI is InChI=1S/C18H23N5O/c1-10-3-16-19-6-15(11(2)23(16)21-10)18(24)20-17-13-4-12-5-14(17)9-22(7-12)8-13/h3,6,12-14,17H,4-5,7-9H2,1-2H3,(H,20,24). The molecule has 1 saturated carbocycles. The first-order chi connectivity index (χ1) is 11.6. The highest BCUT2D eigenvalue weighted by Crippen LogP contribution is 2.43. The number of aromatic nitrogens is 3. The molecule has 24 heavy (non-hydrogen) atoms. The summed E-state index contributed by atoms with van der Waals surface area (Å²) in [5.74, 6) is 2.08. The number of nitrogens with zero attached hydrogens (tertiary/aromatic N) is 4. The maximum atomic E-state index is 12.9. The Bertz CT molecular complexity index is 798. The molecular weight excluding hydrogens is 302 g/mol. The van der Waals surface area contributed by atoms with Gasteiger partial charge in [0, 0.05) is 37.9 Å². The molecule has 4 aliphatic rings. The van der Waals surface area contributed by atoms with Crippen LogP contribution < -0.4 is 5.32 Å². The average molecular weight is 325 g/mol. The van der Waals surface area contributed by atoms with Crippen molar-refractivity contribution >= 4 is 11.6 Å². The van der Waals surface area contributed by atoms with Crippen molar-refractivity contribution in [1.29, 1.82) is 0 Å². The van der Waals surface area contributed by atoms with Gasteiger partial charge in [-0.3, -0.25) is 4.79 Å². The summed E-state index contributed by atoms with van der Waals surface area (Å²) in [4.78, 5) is 19.9. The monoisotopic (exact) mass is 325 g/mol. The molecule has 4 fully saturated rings.